The van der Waals surface area contributed by atoms with Gasteiger partial charge in [0.05, 0.1) is 0 Å². The topological polar surface area (TPSA) is 12.0 Å². The predicted molar refractivity (Wildman–Crippen MR) is 94.8 cm³/mol. The highest BCUT2D eigenvalue weighted by Crippen LogP contribution is 2.25. The van der Waals surface area contributed by atoms with Crippen molar-refractivity contribution in [2.75, 3.05) is 6.54 Å². The molecule has 0 amide bonds. The molecule has 0 spiro atoms. The smallest absolute Gasteiger partial charge is 0.0207 e. The Morgan fingerprint density at radius 1 is 0.952 bits per heavy atom. The predicted octanol–water partition coefficient (Wildman–Crippen LogP) is 5.16. The van der Waals surface area contributed by atoms with E-state index in [1.54, 1.807) is 0 Å². The Morgan fingerprint density at radius 3 is 2.19 bits per heavy atom. The molecule has 0 saturated carbocycles. The van der Waals surface area contributed by atoms with E-state index < -0.39 is 0 Å². The third-order valence-corrected chi connectivity index (χ3v) is 4.35. The third kappa shape index (κ3) is 5.29. The van der Waals surface area contributed by atoms with Crippen LogP contribution in [0.5, 0.6) is 0 Å². The second-order valence-electron chi connectivity index (χ2n) is 6.53. The molecule has 0 aliphatic carbocycles. The standard InChI is InChI=1S/C19H24BrN/c1-19(2,3)21-14-17(15-9-5-4-6-10-15)13-16-11-7-8-12-18(16)20/h4-12,17,21H,13-14H2,1-3H3. The van der Waals surface area contributed by atoms with Gasteiger partial charge >= 0.3 is 0 Å². The van der Waals surface area contributed by atoms with Crippen molar-refractivity contribution in [2.45, 2.75) is 38.6 Å². The van der Waals surface area contributed by atoms with Gasteiger partial charge in [-0.15, -0.1) is 0 Å². The van der Waals surface area contributed by atoms with E-state index in [1.165, 1.54) is 15.6 Å². The van der Waals surface area contributed by atoms with E-state index in [-0.39, 0.29) is 5.54 Å². The average molecular weight is 346 g/mol. The maximum absolute atomic E-state index is 3.67. The first-order valence-corrected chi connectivity index (χ1v) is 8.28. The monoisotopic (exact) mass is 345 g/mol. The Labute approximate surface area is 136 Å². The molecule has 0 aromatic heterocycles. The summed E-state index contributed by atoms with van der Waals surface area (Å²) in [6.45, 7) is 7.63. The van der Waals surface area contributed by atoms with Crippen LogP contribution in [0.25, 0.3) is 0 Å². The molecule has 1 atom stereocenters. The highest BCUT2D eigenvalue weighted by atomic mass is 79.9. The van der Waals surface area contributed by atoms with Crippen molar-refractivity contribution >= 4 is 15.9 Å². The molecule has 112 valence electrons. The summed E-state index contributed by atoms with van der Waals surface area (Å²) in [6, 6.07) is 19.3. The quantitative estimate of drug-likeness (QED) is 0.788. The van der Waals surface area contributed by atoms with Crippen LogP contribution < -0.4 is 5.32 Å². The highest BCUT2D eigenvalue weighted by molar-refractivity contribution is 9.10. The van der Waals surface area contributed by atoms with Crippen LogP contribution in [-0.4, -0.2) is 12.1 Å². The summed E-state index contributed by atoms with van der Waals surface area (Å²) in [6.07, 6.45) is 1.04. The number of halogens is 1. The molecule has 0 saturated heterocycles. The zero-order valence-electron chi connectivity index (χ0n) is 13.1. The van der Waals surface area contributed by atoms with Crippen molar-refractivity contribution in [3.8, 4) is 0 Å². The lowest BCUT2D eigenvalue weighted by atomic mass is 9.91. The van der Waals surface area contributed by atoms with E-state index >= 15 is 0 Å². The summed E-state index contributed by atoms with van der Waals surface area (Å²) >= 11 is 3.67. The second-order valence-corrected chi connectivity index (χ2v) is 7.39. The van der Waals surface area contributed by atoms with Gasteiger partial charge in [0.25, 0.3) is 0 Å². The molecule has 2 heteroatoms. The molecule has 2 rings (SSSR count). The molecule has 2 aromatic carbocycles. The lowest BCUT2D eigenvalue weighted by Crippen LogP contribution is -2.39. The fourth-order valence-corrected chi connectivity index (χ4v) is 2.84. The van der Waals surface area contributed by atoms with Crippen molar-refractivity contribution in [2.24, 2.45) is 0 Å². The number of rotatable bonds is 5. The molecule has 1 nitrogen and oxygen atoms in total. The molecule has 1 N–H and O–H groups in total. The van der Waals surface area contributed by atoms with Crippen LogP contribution in [0.4, 0.5) is 0 Å². The van der Waals surface area contributed by atoms with Crippen LogP contribution in [0.2, 0.25) is 0 Å². The van der Waals surface area contributed by atoms with Crippen molar-refractivity contribution in [1.82, 2.24) is 5.32 Å². The molecule has 0 heterocycles. The van der Waals surface area contributed by atoms with Gasteiger partial charge in [-0.1, -0.05) is 64.5 Å². The number of nitrogens with one attached hydrogen (secondary N) is 1. The highest BCUT2D eigenvalue weighted by Gasteiger charge is 2.17. The van der Waals surface area contributed by atoms with Gasteiger partial charge < -0.3 is 5.32 Å². The largest absolute Gasteiger partial charge is 0.311 e. The van der Waals surface area contributed by atoms with Gasteiger partial charge in [0.1, 0.15) is 0 Å². The number of hydrogen-bond donors (Lipinski definition) is 1. The number of benzene rings is 2. The molecule has 21 heavy (non-hydrogen) atoms. The van der Waals surface area contributed by atoms with Crippen LogP contribution in [0.15, 0.2) is 59.1 Å². The summed E-state index contributed by atoms with van der Waals surface area (Å²) < 4.78 is 1.20. The first-order chi connectivity index (χ1) is 9.96. The summed E-state index contributed by atoms with van der Waals surface area (Å²) in [5, 5.41) is 3.64. The summed E-state index contributed by atoms with van der Waals surface area (Å²) in [5.41, 5.74) is 2.90. The summed E-state index contributed by atoms with van der Waals surface area (Å²) in [7, 11) is 0. The maximum atomic E-state index is 3.67. The van der Waals surface area contributed by atoms with Crippen molar-refractivity contribution in [3.63, 3.8) is 0 Å². The van der Waals surface area contributed by atoms with Gasteiger partial charge in [0.15, 0.2) is 0 Å². The Kier molecular flexibility index (Phi) is 5.60. The third-order valence-electron chi connectivity index (χ3n) is 3.57. The average Bonchev–Trinajstić information content (AvgIpc) is 2.45. The molecule has 0 bridgehead atoms. The lowest BCUT2D eigenvalue weighted by Gasteiger charge is -2.26. The van der Waals surface area contributed by atoms with Crippen LogP contribution in [-0.2, 0) is 6.42 Å². The van der Waals surface area contributed by atoms with Crippen LogP contribution >= 0.6 is 15.9 Å². The van der Waals surface area contributed by atoms with Crippen LogP contribution in [0.1, 0.15) is 37.8 Å². The van der Waals surface area contributed by atoms with Gasteiger partial charge in [-0.05, 0) is 44.4 Å². The van der Waals surface area contributed by atoms with Gasteiger partial charge in [-0.25, -0.2) is 0 Å². The molecule has 0 aliphatic heterocycles. The minimum Gasteiger partial charge on any atom is -0.311 e. The fraction of sp³-hybridized carbons (Fsp3) is 0.368. The Balaban J connectivity index is 2.18. The fourth-order valence-electron chi connectivity index (χ4n) is 2.39. The van der Waals surface area contributed by atoms with Crippen LogP contribution in [0.3, 0.4) is 0 Å². The minimum absolute atomic E-state index is 0.140. The van der Waals surface area contributed by atoms with E-state index in [0.717, 1.165) is 13.0 Å². The molecule has 0 aliphatic rings. The van der Waals surface area contributed by atoms with E-state index in [0.29, 0.717) is 5.92 Å². The molecule has 1 unspecified atom stereocenters. The molecule has 2 aromatic rings. The lowest BCUT2D eigenvalue weighted by molar-refractivity contribution is 0.405. The summed E-state index contributed by atoms with van der Waals surface area (Å²) in [4.78, 5) is 0. The van der Waals surface area contributed by atoms with Gasteiger partial charge in [-0.3, -0.25) is 0 Å². The van der Waals surface area contributed by atoms with Gasteiger partial charge in [0, 0.05) is 22.5 Å². The first-order valence-electron chi connectivity index (χ1n) is 7.49. The van der Waals surface area contributed by atoms with E-state index in [4.69, 9.17) is 0 Å². The zero-order chi connectivity index (χ0) is 15.3. The molecule has 0 radical (unpaired) electrons. The van der Waals surface area contributed by atoms with Gasteiger partial charge in [0.2, 0.25) is 0 Å². The van der Waals surface area contributed by atoms with Gasteiger partial charge in [-0.2, -0.15) is 0 Å². The van der Waals surface area contributed by atoms with E-state index in [9.17, 15) is 0 Å². The van der Waals surface area contributed by atoms with Crippen molar-refractivity contribution in [1.29, 1.82) is 0 Å². The SMILES string of the molecule is CC(C)(C)NCC(Cc1ccccc1Br)c1ccccc1. The Bertz CT molecular complexity index is 557. The van der Waals surface area contributed by atoms with Crippen molar-refractivity contribution in [3.05, 3.63) is 70.2 Å². The first kappa shape index (κ1) is 16.3. The van der Waals surface area contributed by atoms with Crippen molar-refractivity contribution < 1.29 is 0 Å². The molecular formula is C19H24BrN. The second kappa shape index (κ2) is 7.24. The van der Waals surface area contributed by atoms with E-state index in [2.05, 4.69) is 96.6 Å². The minimum atomic E-state index is 0.140. The van der Waals surface area contributed by atoms with E-state index in [1.807, 2.05) is 0 Å². The maximum Gasteiger partial charge on any atom is 0.0207 e. The molecule has 0 fully saturated rings. The Morgan fingerprint density at radius 2 is 1.57 bits per heavy atom. The summed E-state index contributed by atoms with van der Waals surface area (Å²) in [5.74, 6) is 0.476. The Hall–Kier alpha value is -1.12. The normalized spacial score (nSPS) is 13.1. The molecular weight excluding hydrogens is 322 g/mol. The van der Waals surface area contributed by atoms with Crippen LogP contribution in [0, 0.1) is 0 Å². The zero-order valence-corrected chi connectivity index (χ0v) is 14.7. The number of hydrogen-bond acceptors (Lipinski definition) is 1.